The van der Waals surface area contributed by atoms with Crippen molar-refractivity contribution in [1.82, 2.24) is 0 Å². The fourth-order valence-corrected chi connectivity index (χ4v) is 8.56. The fraction of sp³-hybridized carbons (Fsp3) is 0.389. The van der Waals surface area contributed by atoms with Gasteiger partial charge >= 0.3 is 0 Å². The van der Waals surface area contributed by atoms with Crippen LogP contribution in [0.1, 0.15) is 55.2 Å². The van der Waals surface area contributed by atoms with Gasteiger partial charge in [0.15, 0.2) is 0 Å². The van der Waals surface area contributed by atoms with Gasteiger partial charge in [0.05, 0.1) is 7.11 Å². The summed E-state index contributed by atoms with van der Waals surface area (Å²) in [5.41, 5.74) is 7.83. The first-order chi connectivity index (χ1) is 19.1. The summed E-state index contributed by atoms with van der Waals surface area (Å²) in [5, 5.41) is 15.5. The number of aliphatic hydroxyl groups is 1. The van der Waals surface area contributed by atoms with Crippen molar-refractivity contribution in [3.63, 3.8) is 0 Å². The van der Waals surface area contributed by atoms with Crippen LogP contribution in [0.3, 0.4) is 0 Å². The largest absolute Gasteiger partial charge is 0.496 e. The number of ether oxygens (including phenoxy) is 1. The number of hydrogen-bond acceptors (Lipinski definition) is 3. The molecule has 4 aromatic carbocycles. The average Bonchev–Trinajstić information content (AvgIpc) is 2.95. The molecule has 200 valence electrons. The molecule has 4 aromatic rings. The Morgan fingerprint density at radius 1 is 0.795 bits per heavy atom. The Kier molecular flexibility index (Phi) is 6.35. The molecule has 0 radical (unpaired) electrons. The van der Waals surface area contributed by atoms with Gasteiger partial charge in [-0.15, -0.1) is 0 Å². The lowest BCUT2D eigenvalue weighted by molar-refractivity contribution is -0.00613. The van der Waals surface area contributed by atoms with Gasteiger partial charge in [-0.05, 0) is 131 Å². The second-order valence-electron chi connectivity index (χ2n) is 12.5. The van der Waals surface area contributed by atoms with Crippen molar-refractivity contribution in [2.75, 3.05) is 19.0 Å². The first-order valence-corrected chi connectivity index (χ1v) is 14.8. The Morgan fingerprint density at radius 2 is 1.49 bits per heavy atom. The smallest absolute Gasteiger partial charge is 0.122 e. The number of aliphatic hydroxyl groups excluding tert-OH is 1. The van der Waals surface area contributed by atoms with Gasteiger partial charge in [-0.3, -0.25) is 0 Å². The van der Waals surface area contributed by atoms with E-state index in [-0.39, 0.29) is 6.61 Å². The molecule has 0 saturated heterocycles. The van der Waals surface area contributed by atoms with Crippen molar-refractivity contribution in [3.8, 4) is 16.9 Å². The van der Waals surface area contributed by atoms with Crippen LogP contribution in [-0.4, -0.2) is 18.8 Å². The van der Waals surface area contributed by atoms with E-state index in [1.807, 2.05) is 19.2 Å². The van der Waals surface area contributed by atoms with Gasteiger partial charge in [-0.2, -0.15) is 0 Å². The summed E-state index contributed by atoms with van der Waals surface area (Å²) in [6.45, 7) is 0.911. The monoisotopic (exact) mass is 517 g/mol. The molecule has 0 atom stereocenters. The van der Waals surface area contributed by atoms with Crippen LogP contribution in [-0.2, 0) is 18.4 Å². The lowest BCUT2D eigenvalue weighted by Crippen LogP contribution is -2.48. The van der Waals surface area contributed by atoms with Crippen molar-refractivity contribution in [2.24, 2.45) is 17.8 Å². The number of hydrogen-bond donors (Lipinski definition) is 2. The Morgan fingerprint density at radius 3 is 2.23 bits per heavy atom. The molecule has 3 heteroatoms. The fourth-order valence-electron chi connectivity index (χ4n) is 8.56. The van der Waals surface area contributed by atoms with E-state index in [0.717, 1.165) is 41.3 Å². The molecule has 0 aliphatic heterocycles. The summed E-state index contributed by atoms with van der Waals surface area (Å²) < 4.78 is 5.98. The van der Waals surface area contributed by atoms with E-state index < -0.39 is 0 Å². The Bertz CT molecular complexity index is 1470. The maximum atomic E-state index is 9.41. The van der Waals surface area contributed by atoms with Crippen LogP contribution in [0.15, 0.2) is 78.9 Å². The van der Waals surface area contributed by atoms with Gasteiger partial charge in [0.25, 0.3) is 0 Å². The van der Waals surface area contributed by atoms with E-state index in [1.54, 1.807) is 0 Å². The molecule has 4 fully saturated rings. The average molecular weight is 518 g/mol. The van der Waals surface area contributed by atoms with Crippen LogP contribution in [0.5, 0.6) is 5.75 Å². The minimum Gasteiger partial charge on any atom is -0.496 e. The highest BCUT2D eigenvalue weighted by Crippen LogP contribution is 2.62. The normalized spacial score (nSPS) is 25.2. The van der Waals surface area contributed by atoms with E-state index in [0.29, 0.717) is 11.8 Å². The van der Waals surface area contributed by atoms with Crippen LogP contribution in [0.25, 0.3) is 21.9 Å². The maximum Gasteiger partial charge on any atom is 0.122 e. The molecule has 4 saturated carbocycles. The Balaban J connectivity index is 1.19. The minimum atomic E-state index is 0.160. The molecule has 2 N–H and O–H groups in total. The standard InChI is InChI=1S/C36H39NO2/c1-39-35-11-10-31(19-33(35)36-20-25-14-26(21-36)16-27(15-25)22-36)30-9-8-28-7-6-24(17-32(28)18-30)23-37-34-5-3-2-4-29(34)12-13-38/h2-11,17-19,25-27,37-38H,12-16,20-23H2,1H3. The van der Waals surface area contributed by atoms with Gasteiger partial charge in [0, 0.05) is 24.4 Å². The van der Waals surface area contributed by atoms with Crippen LogP contribution in [0.2, 0.25) is 0 Å². The van der Waals surface area contributed by atoms with E-state index >= 15 is 0 Å². The molecule has 39 heavy (non-hydrogen) atoms. The van der Waals surface area contributed by atoms with Gasteiger partial charge in [0.1, 0.15) is 5.75 Å². The number of fused-ring (bicyclic) bond motifs is 1. The zero-order chi connectivity index (χ0) is 26.4. The van der Waals surface area contributed by atoms with Crippen LogP contribution >= 0.6 is 0 Å². The molecule has 0 heterocycles. The third-order valence-electron chi connectivity index (χ3n) is 9.93. The van der Waals surface area contributed by atoms with E-state index in [9.17, 15) is 5.11 Å². The molecular formula is C36H39NO2. The highest BCUT2D eigenvalue weighted by molar-refractivity contribution is 5.88. The number of para-hydroxylation sites is 1. The lowest BCUT2D eigenvalue weighted by atomic mass is 9.48. The molecule has 4 bridgehead atoms. The SMILES string of the molecule is COc1ccc(-c2ccc3ccc(CNc4ccccc4CCO)cc3c2)cc1C12CC3CC(CC(C3)C1)C2. The van der Waals surface area contributed by atoms with Gasteiger partial charge < -0.3 is 15.2 Å². The molecule has 4 aliphatic rings. The highest BCUT2D eigenvalue weighted by atomic mass is 16.5. The predicted octanol–water partition coefficient (Wildman–Crippen LogP) is 8.13. The number of benzene rings is 4. The molecule has 0 spiro atoms. The number of nitrogens with one attached hydrogen (secondary N) is 1. The first kappa shape index (κ1) is 24.7. The molecule has 0 aromatic heterocycles. The third-order valence-corrected chi connectivity index (χ3v) is 9.93. The molecule has 4 aliphatic carbocycles. The molecule has 0 amide bonds. The van der Waals surface area contributed by atoms with Crippen LogP contribution in [0.4, 0.5) is 5.69 Å². The summed E-state index contributed by atoms with van der Waals surface area (Å²) in [6, 6.07) is 28.8. The topological polar surface area (TPSA) is 41.5 Å². The zero-order valence-corrected chi connectivity index (χ0v) is 23.0. The molecule has 8 rings (SSSR count). The highest BCUT2D eigenvalue weighted by Gasteiger charge is 2.52. The Labute approximate surface area is 232 Å². The van der Waals surface area contributed by atoms with Gasteiger partial charge in [-0.1, -0.05) is 48.5 Å². The zero-order valence-electron chi connectivity index (χ0n) is 23.0. The van der Waals surface area contributed by atoms with Crippen molar-refractivity contribution >= 4 is 16.5 Å². The summed E-state index contributed by atoms with van der Waals surface area (Å²) in [7, 11) is 1.84. The van der Waals surface area contributed by atoms with Crippen LogP contribution in [0, 0.1) is 17.8 Å². The van der Waals surface area contributed by atoms with Gasteiger partial charge in [-0.25, -0.2) is 0 Å². The summed E-state index contributed by atoms with van der Waals surface area (Å²) in [5.74, 6) is 3.81. The second kappa shape index (κ2) is 10.0. The second-order valence-corrected chi connectivity index (χ2v) is 12.5. The summed E-state index contributed by atoms with van der Waals surface area (Å²) in [6.07, 6.45) is 9.05. The van der Waals surface area contributed by atoms with Crippen molar-refractivity contribution in [2.45, 2.75) is 56.9 Å². The molecular weight excluding hydrogens is 478 g/mol. The maximum absolute atomic E-state index is 9.41. The number of methoxy groups -OCH3 is 1. The van der Waals surface area contributed by atoms with Crippen molar-refractivity contribution in [3.05, 3.63) is 95.6 Å². The van der Waals surface area contributed by atoms with E-state index in [2.05, 4.69) is 72.0 Å². The van der Waals surface area contributed by atoms with E-state index in [4.69, 9.17) is 4.74 Å². The number of anilines is 1. The van der Waals surface area contributed by atoms with Crippen molar-refractivity contribution in [1.29, 1.82) is 0 Å². The Hall–Kier alpha value is -3.30. The molecule has 3 nitrogen and oxygen atoms in total. The van der Waals surface area contributed by atoms with Crippen molar-refractivity contribution < 1.29 is 9.84 Å². The lowest BCUT2D eigenvalue weighted by Gasteiger charge is -2.57. The quantitative estimate of drug-likeness (QED) is 0.248. The minimum absolute atomic E-state index is 0.160. The number of rotatable bonds is 8. The van der Waals surface area contributed by atoms with Crippen LogP contribution < -0.4 is 10.1 Å². The van der Waals surface area contributed by atoms with E-state index in [1.165, 1.54) is 71.6 Å². The molecule has 0 unspecified atom stereocenters. The summed E-state index contributed by atoms with van der Waals surface area (Å²) in [4.78, 5) is 0. The first-order valence-electron chi connectivity index (χ1n) is 14.8. The predicted molar refractivity (Wildman–Crippen MR) is 160 cm³/mol. The summed E-state index contributed by atoms with van der Waals surface area (Å²) >= 11 is 0. The third kappa shape index (κ3) is 4.61. The van der Waals surface area contributed by atoms with Gasteiger partial charge in [0.2, 0.25) is 0 Å².